The van der Waals surface area contributed by atoms with Gasteiger partial charge >= 0.3 is 0 Å². The number of pyridine rings is 1. The Hall–Kier alpha value is -1.09. The Kier molecular flexibility index (Phi) is 4.56. The number of aromatic nitrogens is 1. The van der Waals surface area contributed by atoms with E-state index in [4.69, 9.17) is 10.5 Å². The van der Waals surface area contributed by atoms with Gasteiger partial charge in [-0.25, -0.2) is 4.98 Å². The zero-order valence-corrected chi connectivity index (χ0v) is 9.73. The summed E-state index contributed by atoms with van der Waals surface area (Å²) in [5.41, 5.74) is 6.76. The SMILES string of the molecule is CCCC(C)Oc1ccc([C@@H](C)N)cn1. The van der Waals surface area contributed by atoms with Crippen LogP contribution in [0.15, 0.2) is 18.3 Å². The van der Waals surface area contributed by atoms with Crippen molar-refractivity contribution >= 4 is 0 Å². The van der Waals surface area contributed by atoms with Gasteiger partial charge in [0.1, 0.15) is 0 Å². The van der Waals surface area contributed by atoms with Crippen molar-refractivity contribution in [2.24, 2.45) is 5.73 Å². The molecule has 0 aromatic carbocycles. The molecule has 0 saturated heterocycles. The van der Waals surface area contributed by atoms with E-state index in [2.05, 4.69) is 18.8 Å². The van der Waals surface area contributed by atoms with E-state index >= 15 is 0 Å². The highest BCUT2D eigenvalue weighted by molar-refractivity contribution is 5.20. The predicted molar refractivity (Wildman–Crippen MR) is 61.8 cm³/mol. The summed E-state index contributed by atoms with van der Waals surface area (Å²) in [5.74, 6) is 0.681. The van der Waals surface area contributed by atoms with E-state index in [1.54, 1.807) is 6.20 Å². The lowest BCUT2D eigenvalue weighted by Crippen LogP contribution is -2.12. The molecule has 1 aromatic heterocycles. The molecule has 0 spiro atoms. The lowest BCUT2D eigenvalue weighted by Gasteiger charge is -2.13. The molecule has 1 aromatic rings. The number of ether oxygens (including phenoxy) is 1. The van der Waals surface area contributed by atoms with Crippen LogP contribution in [0.25, 0.3) is 0 Å². The second-order valence-electron chi connectivity index (χ2n) is 3.94. The lowest BCUT2D eigenvalue weighted by atomic mass is 10.2. The Balaban J connectivity index is 2.56. The molecule has 15 heavy (non-hydrogen) atoms. The number of hydrogen-bond donors (Lipinski definition) is 1. The van der Waals surface area contributed by atoms with Crippen molar-refractivity contribution in [1.82, 2.24) is 4.98 Å². The van der Waals surface area contributed by atoms with Crippen molar-refractivity contribution in [2.75, 3.05) is 0 Å². The molecule has 0 aliphatic carbocycles. The number of nitrogens with two attached hydrogens (primary N) is 1. The minimum atomic E-state index is 0.0274. The van der Waals surface area contributed by atoms with Gasteiger partial charge in [-0.1, -0.05) is 19.4 Å². The zero-order chi connectivity index (χ0) is 11.3. The number of rotatable bonds is 5. The Labute approximate surface area is 91.7 Å². The van der Waals surface area contributed by atoms with Crippen molar-refractivity contribution in [2.45, 2.75) is 45.8 Å². The topological polar surface area (TPSA) is 48.1 Å². The molecule has 2 atom stereocenters. The molecule has 0 aliphatic heterocycles. The highest BCUT2D eigenvalue weighted by Crippen LogP contribution is 2.14. The van der Waals surface area contributed by atoms with Crippen molar-refractivity contribution < 1.29 is 4.74 Å². The maximum atomic E-state index is 5.73. The van der Waals surface area contributed by atoms with Gasteiger partial charge < -0.3 is 10.5 Å². The molecule has 0 amide bonds. The summed E-state index contributed by atoms with van der Waals surface area (Å²) in [5, 5.41) is 0. The van der Waals surface area contributed by atoms with Crippen molar-refractivity contribution in [3.05, 3.63) is 23.9 Å². The van der Waals surface area contributed by atoms with Crippen LogP contribution in [-0.2, 0) is 0 Å². The van der Waals surface area contributed by atoms with E-state index in [9.17, 15) is 0 Å². The third-order valence-electron chi connectivity index (χ3n) is 2.30. The second kappa shape index (κ2) is 5.71. The Bertz CT molecular complexity index is 282. The Morgan fingerprint density at radius 1 is 1.40 bits per heavy atom. The van der Waals surface area contributed by atoms with Crippen LogP contribution in [0, 0.1) is 0 Å². The average molecular weight is 208 g/mol. The first kappa shape index (κ1) is 12.0. The molecule has 3 heteroatoms. The van der Waals surface area contributed by atoms with Gasteiger partial charge in [0.25, 0.3) is 0 Å². The molecule has 1 rings (SSSR count). The van der Waals surface area contributed by atoms with E-state index in [-0.39, 0.29) is 12.1 Å². The minimum absolute atomic E-state index is 0.0274. The zero-order valence-electron chi connectivity index (χ0n) is 9.73. The van der Waals surface area contributed by atoms with Crippen LogP contribution in [0.3, 0.4) is 0 Å². The molecule has 0 fully saturated rings. The fraction of sp³-hybridized carbons (Fsp3) is 0.583. The molecule has 0 radical (unpaired) electrons. The molecule has 0 aliphatic rings. The van der Waals surface area contributed by atoms with Crippen LogP contribution in [0.4, 0.5) is 0 Å². The highest BCUT2D eigenvalue weighted by atomic mass is 16.5. The molecule has 0 bridgehead atoms. The molecule has 3 nitrogen and oxygen atoms in total. The molecule has 84 valence electrons. The molecular weight excluding hydrogens is 188 g/mol. The van der Waals surface area contributed by atoms with E-state index < -0.39 is 0 Å². The molecule has 1 heterocycles. The van der Waals surface area contributed by atoms with Gasteiger partial charge in [0.05, 0.1) is 6.10 Å². The van der Waals surface area contributed by atoms with Gasteiger partial charge in [0, 0.05) is 18.3 Å². The average Bonchev–Trinajstić information content (AvgIpc) is 2.18. The third-order valence-corrected chi connectivity index (χ3v) is 2.30. The largest absolute Gasteiger partial charge is 0.475 e. The van der Waals surface area contributed by atoms with Crippen molar-refractivity contribution in [3.8, 4) is 5.88 Å². The summed E-state index contributed by atoms with van der Waals surface area (Å²) < 4.78 is 5.64. The van der Waals surface area contributed by atoms with Gasteiger partial charge in [0.2, 0.25) is 5.88 Å². The molecule has 1 unspecified atom stereocenters. The number of hydrogen-bond acceptors (Lipinski definition) is 3. The fourth-order valence-electron chi connectivity index (χ4n) is 1.40. The third kappa shape index (κ3) is 3.88. The van der Waals surface area contributed by atoms with E-state index in [0.717, 1.165) is 18.4 Å². The van der Waals surface area contributed by atoms with Crippen LogP contribution in [0.2, 0.25) is 0 Å². The summed E-state index contributed by atoms with van der Waals surface area (Å²) >= 11 is 0. The van der Waals surface area contributed by atoms with Crippen LogP contribution in [0.1, 0.15) is 45.2 Å². The second-order valence-corrected chi connectivity index (χ2v) is 3.94. The monoisotopic (exact) mass is 208 g/mol. The quantitative estimate of drug-likeness (QED) is 0.809. The summed E-state index contributed by atoms with van der Waals surface area (Å²) in [4.78, 5) is 4.22. The van der Waals surface area contributed by atoms with Crippen LogP contribution in [-0.4, -0.2) is 11.1 Å². The van der Waals surface area contributed by atoms with Gasteiger partial charge in [-0.05, 0) is 25.8 Å². The van der Waals surface area contributed by atoms with Gasteiger partial charge in [0.15, 0.2) is 0 Å². The minimum Gasteiger partial charge on any atom is -0.475 e. The van der Waals surface area contributed by atoms with Gasteiger partial charge in [-0.2, -0.15) is 0 Å². The first-order valence-electron chi connectivity index (χ1n) is 5.51. The smallest absolute Gasteiger partial charge is 0.213 e. The fourth-order valence-corrected chi connectivity index (χ4v) is 1.40. The summed E-state index contributed by atoms with van der Waals surface area (Å²) in [6.07, 6.45) is 4.18. The van der Waals surface area contributed by atoms with E-state index in [1.807, 2.05) is 19.1 Å². The summed E-state index contributed by atoms with van der Waals surface area (Å²) in [6.45, 7) is 6.15. The Morgan fingerprint density at radius 3 is 2.60 bits per heavy atom. The molecular formula is C12H20N2O. The lowest BCUT2D eigenvalue weighted by molar-refractivity contribution is 0.201. The van der Waals surface area contributed by atoms with E-state index in [1.165, 1.54) is 0 Å². The summed E-state index contributed by atoms with van der Waals surface area (Å²) in [6, 6.07) is 3.87. The number of nitrogens with zero attached hydrogens (tertiary/aromatic N) is 1. The maximum absolute atomic E-state index is 5.73. The van der Waals surface area contributed by atoms with Crippen LogP contribution >= 0.6 is 0 Å². The molecule has 0 saturated carbocycles. The van der Waals surface area contributed by atoms with Crippen LogP contribution < -0.4 is 10.5 Å². The standard InChI is InChI=1S/C12H20N2O/c1-4-5-9(2)15-12-7-6-11(8-14-12)10(3)13/h6-10H,4-5,13H2,1-3H3/t9?,10-/m1/s1. The van der Waals surface area contributed by atoms with E-state index in [0.29, 0.717) is 5.88 Å². The normalized spacial score (nSPS) is 14.7. The molecule has 2 N–H and O–H groups in total. The van der Waals surface area contributed by atoms with Crippen molar-refractivity contribution in [3.63, 3.8) is 0 Å². The maximum Gasteiger partial charge on any atom is 0.213 e. The van der Waals surface area contributed by atoms with Gasteiger partial charge in [-0.3, -0.25) is 0 Å². The van der Waals surface area contributed by atoms with Crippen molar-refractivity contribution in [1.29, 1.82) is 0 Å². The predicted octanol–water partition coefficient (Wildman–Crippen LogP) is 2.67. The first-order valence-corrected chi connectivity index (χ1v) is 5.51. The first-order chi connectivity index (χ1) is 7.13. The Morgan fingerprint density at radius 2 is 2.13 bits per heavy atom. The van der Waals surface area contributed by atoms with Crippen LogP contribution in [0.5, 0.6) is 5.88 Å². The summed E-state index contributed by atoms with van der Waals surface area (Å²) in [7, 11) is 0. The van der Waals surface area contributed by atoms with Gasteiger partial charge in [-0.15, -0.1) is 0 Å². The highest BCUT2D eigenvalue weighted by Gasteiger charge is 2.04.